The quantitative estimate of drug-likeness (QED) is 0.804. The highest BCUT2D eigenvalue weighted by atomic mass is 19.1. The van der Waals surface area contributed by atoms with Crippen molar-refractivity contribution >= 4 is 5.69 Å². The minimum Gasteiger partial charge on any atom is -0.395 e. The van der Waals surface area contributed by atoms with Crippen LogP contribution in [0.4, 0.5) is 10.1 Å². The summed E-state index contributed by atoms with van der Waals surface area (Å²) in [6.45, 7) is 4.39. The molecule has 0 heterocycles. The molecule has 0 aliphatic carbocycles. The summed E-state index contributed by atoms with van der Waals surface area (Å²) >= 11 is 0. The van der Waals surface area contributed by atoms with Gasteiger partial charge in [0.15, 0.2) is 0 Å². The van der Waals surface area contributed by atoms with Gasteiger partial charge in [-0.3, -0.25) is 0 Å². The van der Waals surface area contributed by atoms with Crippen molar-refractivity contribution in [2.24, 2.45) is 0 Å². The predicted molar refractivity (Wildman–Crippen MR) is 62.0 cm³/mol. The molecule has 0 aliphatic rings. The molecule has 0 saturated heterocycles. The maximum absolute atomic E-state index is 13.7. The zero-order chi connectivity index (χ0) is 12.1. The van der Waals surface area contributed by atoms with Crippen LogP contribution in [0, 0.1) is 5.82 Å². The number of halogens is 1. The van der Waals surface area contributed by atoms with Crippen molar-refractivity contribution in [3.8, 4) is 0 Å². The number of aliphatic hydroxyl groups is 2. The normalized spacial score (nSPS) is 12.6. The third-order valence-corrected chi connectivity index (χ3v) is 2.54. The Morgan fingerprint density at radius 1 is 1.44 bits per heavy atom. The Balaban J connectivity index is 3.17. The Morgan fingerprint density at radius 3 is 2.62 bits per heavy atom. The molecule has 0 aromatic heterocycles. The van der Waals surface area contributed by atoms with Crippen molar-refractivity contribution in [2.75, 3.05) is 24.6 Å². The van der Waals surface area contributed by atoms with Gasteiger partial charge in [0.2, 0.25) is 0 Å². The summed E-state index contributed by atoms with van der Waals surface area (Å²) in [4.78, 5) is 1.72. The van der Waals surface area contributed by atoms with E-state index in [2.05, 4.69) is 0 Å². The second-order valence-corrected chi connectivity index (χ2v) is 3.66. The zero-order valence-corrected chi connectivity index (χ0v) is 9.65. The van der Waals surface area contributed by atoms with E-state index in [1.165, 1.54) is 6.07 Å². The third-order valence-electron chi connectivity index (χ3n) is 2.54. The van der Waals surface area contributed by atoms with Gasteiger partial charge < -0.3 is 15.1 Å². The van der Waals surface area contributed by atoms with Crippen molar-refractivity contribution in [3.05, 3.63) is 29.6 Å². The maximum Gasteiger partial charge on any atom is 0.146 e. The molecule has 1 aromatic carbocycles. The topological polar surface area (TPSA) is 43.7 Å². The Labute approximate surface area is 95.1 Å². The Morgan fingerprint density at radius 2 is 2.12 bits per heavy atom. The average molecular weight is 227 g/mol. The van der Waals surface area contributed by atoms with Gasteiger partial charge >= 0.3 is 0 Å². The van der Waals surface area contributed by atoms with Crippen LogP contribution in [0.2, 0.25) is 0 Å². The van der Waals surface area contributed by atoms with Crippen LogP contribution in [0.15, 0.2) is 18.2 Å². The second-order valence-electron chi connectivity index (χ2n) is 3.66. The first-order valence-electron chi connectivity index (χ1n) is 5.44. The Hall–Kier alpha value is -1.13. The molecular weight excluding hydrogens is 209 g/mol. The van der Waals surface area contributed by atoms with Crippen molar-refractivity contribution in [3.63, 3.8) is 0 Å². The molecule has 16 heavy (non-hydrogen) atoms. The van der Waals surface area contributed by atoms with Gasteiger partial charge in [0.25, 0.3) is 0 Å². The first kappa shape index (κ1) is 12.9. The number of hydrogen-bond donors (Lipinski definition) is 2. The number of anilines is 1. The van der Waals surface area contributed by atoms with E-state index in [0.29, 0.717) is 24.3 Å². The molecule has 0 spiro atoms. The number of aliphatic hydroxyl groups excluding tert-OH is 2. The van der Waals surface area contributed by atoms with E-state index in [1.54, 1.807) is 24.0 Å². The highest BCUT2D eigenvalue weighted by Gasteiger charge is 2.17. The predicted octanol–water partition coefficient (Wildman–Crippen LogP) is 1.70. The van der Waals surface area contributed by atoms with Gasteiger partial charge in [-0.2, -0.15) is 0 Å². The molecule has 0 aliphatic heterocycles. The summed E-state index contributed by atoms with van der Waals surface area (Å²) in [5.74, 6) is -0.367. The molecule has 1 rings (SSSR count). The average Bonchev–Trinajstić information content (AvgIpc) is 2.26. The largest absolute Gasteiger partial charge is 0.395 e. The minimum atomic E-state index is -0.724. The van der Waals surface area contributed by atoms with Crippen LogP contribution in [0.3, 0.4) is 0 Å². The summed E-state index contributed by atoms with van der Waals surface area (Å²) in [5, 5.41) is 18.5. The molecule has 0 radical (unpaired) electrons. The molecule has 0 amide bonds. The highest BCUT2D eigenvalue weighted by Crippen LogP contribution is 2.28. The Bertz CT molecular complexity index is 342. The van der Waals surface area contributed by atoms with Crippen LogP contribution >= 0.6 is 0 Å². The van der Waals surface area contributed by atoms with E-state index in [0.717, 1.165) is 0 Å². The molecular formula is C12H18FNO2. The molecule has 0 fully saturated rings. The van der Waals surface area contributed by atoms with Crippen LogP contribution in [0.5, 0.6) is 0 Å². The summed E-state index contributed by atoms with van der Waals surface area (Å²) in [5.41, 5.74) is 0.935. The Kier molecular flexibility index (Phi) is 4.71. The standard InChI is InChI=1S/C12H18FNO2/c1-3-14(7-8-15)12-10(9(2)16)5-4-6-11(12)13/h4-6,9,15-16H,3,7-8H2,1-2H3. The molecule has 90 valence electrons. The number of para-hydroxylation sites is 1. The van der Waals surface area contributed by atoms with Crippen LogP contribution < -0.4 is 4.90 Å². The van der Waals surface area contributed by atoms with E-state index in [4.69, 9.17) is 5.11 Å². The van der Waals surface area contributed by atoms with Gasteiger partial charge in [-0.25, -0.2) is 4.39 Å². The molecule has 0 saturated carbocycles. The van der Waals surface area contributed by atoms with Crippen LogP contribution in [0.1, 0.15) is 25.5 Å². The fourth-order valence-corrected chi connectivity index (χ4v) is 1.75. The van der Waals surface area contributed by atoms with E-state index >= 15 is 0 Å². The van der Waals surface area contributed by atoms with Crippen LogP contribution in [-0.2, 0) is 0 Å². The molecule has 1 atom stereocenters. The van der Waals surface area contributed by atoms with Gasteiger partial charge in [-0.05, 0) is 19.9 Å². The van der Waals surface area contributed by atoms with Crippen molar-refractivity contribution in [1.82, 2.24) is 0 Å². The smallest absolute Gasteiger partial charge is 0.146 e. The number of likely N-dealkylation sites (N-methyl/N-ethyl adjacent to an activating group) is 1. The van der Waals surface area contributed by atoms with E-state index in [1.807, 2.05) is 6.92 Å². The van der Waals surface area contributed by atoms with Crippen molar-refractivity contribution in [2.45, 2.75) is 20.0 Å². The van der Waals surface area contributed by atoms with Gasteiger partial charge in [-0.15, -0.1) is 0 Å². The fourth-order valence-electron chi connectivity index (χ4n) is 1.75. The lowest BCUT2D eigenvalue weighted by Crippen LogP contribution is -2.28. The van der Waals surface area contributed by atoms with E-state index in [9.17, 15) is 9.50 Å². The maximum atomic E-state index is 13.7. The zero-order valence-electron chi connectivity index (χ0n) is 9.65. The summed E-state index contributed by atoms with van der Waals surface area (Å²) in [6.07, 6.45) is -0.724. The monoisotopic (exact) mass is 227 g/mol. The van der Waals surface area contributed by atoms with Gasteiger partial charge in [0, 0.05) is 18.7 Å². The van der Waals surface area contributed by atoms with Crippen molar-refractivity contribution in [1.29, 1.82) is 0 Å². The first-order valence-corrected chi connectivity index (χ1v) is 5.44. The number of hydrogen-bond acceptors (Lipinski definition) is 3. The molecule has 4 heteroatoms. The molecule has 1 unspecified atom stereocenters. The summed E-state index contributed by atoms with van der Waals surface area (Å²) in [6, 6.07) is 4.64. The minimum absolute atomic E-state index is 0.0403. The van der Waals surface area contributed by atoms with Gasteiger partial charge in [0.05, 0.1) is 18.4 Å². The van der Waals surface area contributed by atoms with E-state index < -0.39 is 6.10 Å². The lowest BCUT2D eigenvalue weighted by molar-refractivity contribution is 0.199. The third kappa shape index (κ3) is 2.71. The second kappa shape index (κ2) is 5.82. The number of nitrogens with zero attached hydrogens (tertiary/aromatic N) is 1. The SMILES string of the molecule is CCN(CCO)c1c(F)cccc1C(C)O. The first-order chi connectivity index (χ1) is 7.61. The molecule has 3 nitrogen and oxygen atoms in total. The van der Waals surface area contributed by atoms with Gasteiger partial charge in [-0.1, -0.05) is 12.1 Å². The molecule has 1 aromatic rings. The fraction of sp³-hybridized carbons (Fsp3) is 0.500. The molecule has 0 bridgehead atoms. The highest BCUT2D eigenvalue weighted by molar-refractivity contribution is 5.55. The summed E-state index contributed by atoms with van der Waals surface area (Å²) < 4.78 is 13.7. The number of benzene rings is 1. The van der Waals surface area contributed by atoms with Crippen LogP contribution in [0.25, 0.3) is 0 Å². The van der Waals surface area contributed by atoms with Crippen LogP contribution in [-0.4, -0.2) is 29.9 Å². The lowest BCUT2D eigenvalue weighted by Gasteiger charge is -2.26. The molecule has 2 N–H and O–H groups in total. The van der Waals surface area contributed by atoms with Gasteiger partial charge in [0.1, 0.15) is 5.82 Å². The number of rotatable bonds is 5. The lowest BCUT2D eigenvalue weighted by atomic mass is 10.1. The van der Waals surface area contributed by atoms with Crippen molar-refractivity contribution < 1.29 is 14.6 Å². The summed E-state index contributed by atoms with van der Waals surface area (Å²) in [7, 11) is 0. The van der Waals surface area contributed by atoms with E-state index in [-0.39, 0.29) is 12.4 Å².